The predicted octanol–water partition coefficient (Wildman–Crippen LogP) is 4.89. The maximum Gasteiger partial charge on any atom is 0.193 e. The first kappa shape index (κ1) is 11.1. The van der Waals surface area contributed by atoms with Gasteiger partial charge in [0.25, 0.3) is 0 Å². The van der Waals surface area contributed by atoms with Crippen molar-refractivity contribution >= 4 is 34.5 Å². The summed E-state index contributed by atoms with van der Waals surface area (Å²) in [6, 6.07) is 7.66. The van der Waals surface area contributed by atoms with E-state index in [1.54, 1.807) is 17.4 Å². The molecule has 0 fully saturated rings. The maximum atomic E-state index is 6.27. The molecule has 2 aromatic rings. The summed E-state index contributed by atoms with van der Waals surface area (Å²) in [5, 5.41) is 0.144. The minimum Gasteiger partial charge on any atom is -0.448 e. The summed E-state index contributed by atoms with van der Waals surface area (Å²) < 4.78 is 5.28. The van der Waals surface area contributed by atoms with E-state index in [4.69, 9.17) is 27.6 Å². The number of alkyl halides is 1. The summed E-state index contributed by atoms with van der Waals surface area (Å²) in [5.41, 5.74) is 0. The first-order valence-corrected chi connectivity index (χ1v) is 6.31. The van der Waals surface area contributed by atoms with Gasteiger partial charge in [-0.15, -0.1) is 22.9 Å². The molecule has 1 nitrogen and oxygen atoms in total. The molecule has 1 unspecified atom stereocenters. The molecule has 0 aliphatic rings. The van der Waals surface area contributed by atoms with Gasteiger partial charge in [-0.2, -0.15) is 0 Å². The zero-order chi connectivity index (χ0) is 10.8. The number of halogens is 2. The lowest BCUT2D eigenvalue weighted by atomic mass is 10.2. The summed E-state index contributed by atoms with van der Waals surface area (Å²) in [6.45, 7) is 2.13. The fourth-order valence-electron chi connectivity index (χ4n) is 1.33. The topological polar surface area (TPSA) is 13.1 Å². The van der Waals surface area contributed by atoms with Crippen molar-refractivity contribution in [2.75, 3.05) is 0 Å². The molecular weight excluding hydrogens is 251 g/mol. The molecule has 1 atom stereocenters. The Labute approximate surface area is 103 Å². The standard InChI is InChI=1S/C11H10Cl2OS/c1-2-7-3-5-9(15-7)11(13)8-4-6-10(12)14-8/h3-6,11H,2H2,1H3. The van der Waals surface area contributed by atoms with Gasteiger partial charge in [0.05, 0.1) is 0 Å². The van der Waals surface area contributed by atoms with Gasteiger partial charge in [-0.05, 0) is 42.3 Å². The van der Waals surface area contributed by atoms with E-state index in [-0.39, 0.29) is 5.38 Å². The molecule has 0 bridgehead atoms. The quantitative estimate of drug-likeness (QED) is 0.717. The van der Waals surface area contributed by atoms with Crippen molar-refractivity contribution in [1.82, 2.24) is 0 Å². The molecule has 0 saturated carbocycles. The maximum absolute atomic E-state index is 6.27. The van der Waals surface area contributed by atoms with E-state index in [1.807, 2.05) is 12.1 Å². The van der Waals surface area contributed by atoms with Crippen LogP contribution in [0.15, 0.2) is 28.7 Å². The first-order chi connectivity index (χ1) is 7.20. The summed E-state index contributed by atoms with van der Waals surface area (Å²) in [6.07, 6.45) is 1.03. The third kappa shape index (κ3) is 2.39. The highest BCUT2D eigenvalue weighted by atomic mass is 35.5. The minimum atomic E-state index is -0.234. The second-order valence-corrected chi connectivity index (χ2v) is 5.17. The van der Waals surface area contributed by atoms with E-state index in [2.05, 4.69) is 13.0 Å². The molecule has 0 radical (unpaired) electrons. The number of hydrogen-bond donors (Lipinski definition) is 0. The monoisotopic (exact) mass is 260 g/mol. The van der Waals surface area contributed by atoms with Gasteiger partial charge in [0, 0.05) is 9.75 Å². The molecular formula is C11H10Cl2OS. The molecule has 4 heteroatoms. The summed E-state index contributed by atoms with van der Waals surface area (Å²) in [7, 11) is 0. The van der Waals surface area contributed by atoms with Crippen molar-refractivity contribution in [3.8, 4) is 0 Å². The van der Waals surface area contributed by atoms with Crippen molar-refractivity contribution in [2.24, 2.45) is 0 Å². The Morgan fingerprint density at radius 1 is 1.33 bits per heavy atom. The highest BCUT2D eigenvalue weighted by molar-refractivity contribution is 7.12. The molecule has 2 rings (SSSR count). The van der Waals surface area contributed by atoms with Gasteiger partial charge in [0.2, 0.25) is 0 Å². The van der Waals surface area contributed by atoms with E-state index < -0.39 is 0 Å². The molecule has 0 aliphatic carbocycles. The van der Waals surface area contributed by atoms with Crippen LogP contribution in [0.4, 0.5) is 0 Å². The molecule has 15 heavy (non-hydrogen) atoms. The van der Waals surface area contributed by atoms with Crippen LogP contribution >= 0.6 is 34.5 Å². The lowest BCUT2D eigenvalue weighted by molar-refractivity contribution is 0.519. The van der Waals surface area contributed by atoms with Gasteiger partial charge in [-0.25, -0.2) is 0 Å². The zero-order valence-electron chi connectivity index (χ0n) is 8.17. The second-order valence-electron chi connectivity index (χ2n) is 3.16. The first-order valence-electron chi connectivity index (χ1n) is 4.68. The van der Waals surface area contributed by atoms with Gasteiger partial charge in [-0.1, -0.05) is 6.92 Å². The number of hydrogen-bond acceptors (Lipinski definition) is 2. The lowest BCUT2D eigenvalue weighted by Crippen LogP contribution is -1.85. The Kier molecular flexibility index (Phi) is 3.39. The number of furan rings is 1. The number of aryl methyl sites for hydroxylation is 1. The Balaban J connectivity index is 2.23. The third-order valence-corrected chi connectivity index (χ3v) is 4.20. The van der Waals surface area contributed by atoms with Crippen LogP contribution in [-0.2, 0) is 6.42 Å². The van der Waals surface area contributed by atoms with Gasteiger partial charge in [-0.3, -0.25) is 0 Å². The summed E-state index contributed by atoms with van der Waals surface area (Å²) in [4.78, 5) is 2.42. The van der Waals surface area contributed by atoms with Gasteiger partial charge in [0.15, 0.2) is 5.22 Å². The van der Waals surface area contributed by atoms with Crippen LogP contribution in [0.3, 0.4) is 0 Å². The normalized spacial score (nSPS) is 13.0. The molecule has 0 N–H and O–H groups in total. The Hall–Kier alpha value is -0.440. The minimum absolute atomic E-state index is 0.234. The van der Waals surface area contributed by atoms with Crippen LogP contribution in [-0.4, -0.2) is 0 Å². The molecule has 0 aromatic carbocycles. The van der Waals surface area contributed by atoms with Crippen molar-refractivity contribution in [3.05, 3.63) is 45.0 Å². The highest BCUT2D eigenvalue weighted by Gasteiger charge is 2.16. The molecule has 80 valence electrons. The second kappa shape index (κ2) is 4.60. The molecule has 2 aromatic heterocycles. The van der Waals surface area contributed by atoms with Crippen molar-refractivity contribution in [1.29, 1.82) is 0 Å². The van der Waals surface area contributed by atoms with Gasteiger partial charge in [0.1, 0.15) is 11.1 Å². The third-order valence-electron chi connectivity index (χ3n) is 2.12. The molecule has 0 saturated heterocycles. The van der Waals surface area contributed by atoms with Crippen LogP contribution in [0.1, 0.15) is 27.8 Å². The summed E-state index contributed by atoms with van der Waals surface area (Å²) >= 11 is 13.7. The number of rotatable bonds is 3. The van der Waals surface area contributed by atoms with Gasteiger partial charge < -0.3 is 4.42 Å². The van der Waals surface area contributed by atoms with Crippen molar-refractivity contribution in [2.45, 2.75) is 18.7 Å². The van der Waals surface area contributed by atoms with Crippen LogP contribution < -0.4 is 0 Å². The predicted molar refractivity (Wildman–Crippen MR) is 65.1 cm³/mol. The van der Waals surface area contributed by atoms with E-state index in [9.17, 15) is 0 Å². The van der Waals surface area contributed by atoms with E-state index >= 15 is 0 Å². The van der Waals surface area contributed by atoms with E-state index in [1.165, 1.54) is 4.88 Å². The molecule has 0 spiro atoms. The molecule has 0 amide bonds. The summed E-state index contributed by atoms with van der Waals surface area (Å²) in [5.74, 6) is 0.700. The fraction of sp³-hybridized carbons (Fsp3) is 0.273. The van der Waals surface area contributed by atoms with Crippen LogP contribution in [0.25, 0.3) is 0 Å². The van der Waals surface area contributed by atoms with Crippen LogP contribution in [0.2, 0.25) is 5.22 Å². The Morgan fingerprint density at radius 3 is 2.67 bits per heavy atom. The zero-order valence-corrected chi connectivity index (χ0v) is 10.5. The molecule has 2 heterocycles. The fourth-order valence-corrected chi connectivity index (χ4v) is 2.74. The van der Waals surface area contributed by atoms with Gasteiger partial charge >= 0.3 is 0 Å². The van der Waals surface area contributed by atoms with Crippen LogP contribution in [0, 0.1) is 0 Å². The van der Waals surface area contributed by atoms with Crippen molar-refractivity contribution in [3.63, 3.8) is 0 Å². The average Bonchev–Trinajstić information content (AvgIpc) is 2.84. The average molecular weight is 261 g/mol. The number of thiophene rings is 1. The molecule has 0 aliphatic heterocycles. The van der Waals surface area contributed by atoms with E-state index in [0.29, 0.717) is 11.0 Å². The van der Waals surface area contributed by atoms with Crippen molar-refractivity contribution < 1.29 is 4.42 Å². The SMILES string of the molecule is CCc1ccc(C(Cl)c2ccc(Cl)o2)s1. The van der Waals surface area contributed by atoms with E-state index in [0.717, 1.165) is 11.3 Å². The Bertz CT molecular complexity index is 447. The largest absolute Gasteiger partial charge is 0.448 e. The Morgan fingerprint density at radius 2 is 2.13 bits per heavy atom. The lowest BCUT2D eigenvalue weighted by Gasteiger charge is -2.02. The highest BCUT2D eigenvalue weighted by Crippen LogP contribution is 2.35. The smallest absolute Gasteiger partial charge is 0.193 e. The van der Waals surface area contributed by atoms with Crippen LogP contribution in [0.5, 0.6) is 0 Å².